The maximum Gasteiger partial charge on any atom is 0.297 e. The molecule has 0 amide bonds. The molecule has 1 aliphatic heterocycles. The predicted molar refractivity (Wildman–Crippen MR) is 99.5 cm³/mol. The second-order valence-corrected chi connectivity index (χ2v) is 8.94. The monoisotopic (exact) mass is 392 g/mol. The molecule has 26 heavy (non-hydrogen) atoms. The molecule has 1 aromatic heterocycles. The van der Waals surface area contributed by atoms with Gasteiger partial charge in [-0.3, -0.25) is 4.18 Å². The highest BCUT2D eigenvalue weighted by Gasteiger charge is 2.37. The lowest BCUT2D eigenvalue weighted by molar-refractivity contribution is 0.225. The highest BCUT2D eigenvalue weighted by Crippen LogP contribution is 2.34. The second-order valence-electron chi connectivity index (χ2n) is 6.60. The standard InChI is InChI=1S/C17H20N4O3S2/c1-11-6-8-13(9-7-11)26(22,23)24-14-5-3-4-12-10-21-16(18-15(12)14)19-17(20-21)25-2/h6-9,12,14H,3-5,10H2,1-2H3. The fourth-order valence-corrected chi connectivity index (χ4v) is 4.83. The summed E-state index contributed by atoms with van der Waals surface area (Å²) in [6, 6.07) is 6.69. The Morgan fingerprint density at radius 3 is 2.73 bits per heavy atom. The summed E-state index contributed by atoms with van der Waals surface area (Å²) in [7, 11) is -3.83. The van der Waals surface area contributed by atoms with Crippen molar-refractivity contribution >= 4 is 33.5 Å². The minimum absolute atomic E-state index is 0.144. The van der Waals surface area contributed by atoms with E-state index in [0.717, 1.165) is 24.1 Å². The number of aliphatic imine (C=N–C) groups is 1. The topological polar surface area (TPSA) is 86.4 Å². The van der Waals surface area contributed by atoms with Gasteiger partial charge in [0.25, 0.3) is 10.1 Å². The van der Waals surface area contributed by atoms with Gasteiger partial charge < -0.3 is 0 Å². The van der Waals surface area contributed by atoms with Gasteiger partial charge in [0, 0.05) is 5.92 Å². The lowest BCUT2D eigenvalue weighted by atomic mass is 9.84. The Kier molecular flexibility index (Phi) is 4.62. The first-order chi connectivity index (χ1) is 12.5. The third-order valence-corrected chi connectivity index (χ3v) is 6.63. The molecule has 0 spiro atoms. The lowest BCUT2D eigenvalue weighted by Gasteiger charge is -2.32. The minimum atomic E-state index is -3.83. The van der Waals surface area contributed by atoms with Crippen molar-refractivity contribution in [3.63, 3.8) is 0 Å². The smallest absolute Gasteiger partial charge is 0.257 e. The van der Waals surface area contributed by atoms with Crippen LogP contribution >= 0.6 is 11.8 Å². The first-order valence-corrected chi connectivity index (χ1v) is 11.2. The van der Waals surface area contributed by atoms with Gasteiger partial charge in [-0.2, -0.15) is 13.4 Å². The fraction of sp³-hybridized carbons (Fsp3) is 0.471. The Bertz CT molecular complexity index is 951. The summed E-state index contributed by atoms with van der Waals surface area (Å²) in [6.45, 7) is 2.59. The van der Waals surface area contributed by atoms with Gasteiger partial charge in [0.15, 0.2) is 0 Å². The van der Waals surface area contributed by atoms with E-state index < -0.39 is 16.2 Å². The Morgan fingerprint density at radius 1 is 1.23 bits per heavy atom. The van der Waals surface area contributed by atoms with Gasteiger partial charge in [0.1, 0.15) is 6.10 Å². The van der Waals surface area contributed by atoms with Crippen molar-refractivity contribution in [2.45, 2.75) is 48.9 Å². The third-order valence-electron chi connectivity index (χ3n) is 4.76. The van der Waals surface area contributed by atoms with Crippen LogP contribution < -0.4 is 0 Å². The van der Waals surface area contributed by atoms with Gasteiger partial charge in [0.05, 0.1) is 17.2 Å². The van der Waals surface area contributed by atoms with Crippen LogP contribution in [0.4, 0.5) is 5.95 Å². The summed E-state index contributed by atoms with van der Waals surface area (Å²) >= 11 is 1.47. The van der Waals surface area contributed by atoms with E-state index in [2.05, 4.69) is 15.1 Å². The first kappa shape index (κ1) is 17.7. The molecule has 0 bridgehead atoms. The molecule has 2 aromatic rings. The van der Waals surface area contributed by atoms with Crippen LogP contribution in [0, 0.1) is 12.8 Å². The minimum Gasteiger partial charge on any atom is -0.257 e. The number of aromatic nitrogens is 3. The summed E-state index contributed by atoms with van der Waals surface area (Å²) < 4.78 is 32.7. The van der Waals surface area contributed by atoms with Crippen LogP contribution in [0.1, 0.15) is 24.8 Å². The van der Waals surface area contributed by atoms with Crippen molar-refractivity contribution in [2.24, 2.45) is 10.9 Å². The van der Waals surface area contributed by atoms with Gasteiger partial charge >= 0.3 is 0 Å². The number of nitrogens with zero attached hydrogens (tertiary/aromatic N) is 4. The normalized spacial score (nSPS) is 22.5. The summed E-state index contributed by atoms with van der Waals surface area (Å²) in [4.78, 5) is 9.17. The number of hydrogen-bond donors (Lipinski definition) is 0. The largest absolute Gasteiger partial charge is 0.297 e. The van der Waals surface area contributed by atoms with Gasteiger partial charge in [0.2, 0.25) is 11.1 Å². The van der Waals surface area contributed by atoms with Crippen LogP contribution in [0.15, 0.2) is 39.3 Å². The van der Waals surface area contributed by atoms with Crippen molar-refractivity contribution in [3.05, 3.63) is 29.8 Å². The third kappa shape index (κ3) is 3.30. The van der Waals surface area contributed by atoms with Gasteiger partial charge in [-0.15, -0.1) is 5.10 Å². The Hall–Kier alpha value is -1.71. The van der Waals surface area contributed by atoms with Crippen LogP contribution in [0.5, 0.6) is 0 Å². The molecule has 1 aliphatic carbocycles. The molecular formula is C17H20N4O3S2. The van der Waals surface area contributed by atoms with Gasteiger partial charge in [-0.25, -0.2) is 9.67 Å². The lowest BCUT2D eigenvalue weighted by Crippen LogP contribution is -2.40. The zero-order chi connectivity index (χ0) is 18.3. The van der Waals surface area contributed by atoms with Gasteiger partial charge in [-0.1, -0.05) is 29.5 Å². The van der Waals surface area contributed by atoms with E-state index in [4.69, 9.17) is 4.18 Å². The summed E-state index contributed by atoms with van der Waals surface area (Å²) in [5.41, 5.74) is 1.78. The van der Waals surface area contributed by atoms with Crippen molar-refractivity contribution < 1.29 is 12.6 Å². The number of rotatable bonds is 4. The van der Waals surface area contributed by atoms with E-state index in [1.165, 1.54) is 11.8 Å². The van der Waals surface area contributed by atoms with E-state index in [1.54, 1.807) is 28.9 Å². The number of aryl methyl sites for hydroxylation is 1. The number of thioether (sulfide) groups is 1. The number of fused-ring (bicyclic) bond motifs is 2. The Morgan fingerprint density at radius 2 is 2.00 bits per heavy atom. The van der Waals surface area contributed by atoms with Crippen LogP contribution in [0.2, 0.25) is 0 Å². The molecule has 1 fully saturated rings. The predicted octanol–water partition coefficient (Wildman–Crippen LogP) is 2.97. The maximum atomic E-state index is 12.7. The Balaban J connectivity index is 1.63. The molecule has 2 aliphatic rings. The molecule has 2 unspecified atom stereocenters. The van der Waals surface area contributed by atoms with Crippen molar-refractivity contribution in [2.75, 3.05) is 6.26 Å². The molecule has 0 N–H and O–H groups in total. The zero-order valence-corrected chi connectivity index (χ0v) is 16.3. The number of benzene rings is 1. The quantitative estimate of drug-likeness (QED) is 0.587. The van der Waals surface area contributed by atoms with E-state index in [9.17, 15) is 8.42 Å². The maximum absolute atomic E-state index is 12.7. The van der Waals surface area contributed by atoms with Crippen molar-refractivity contribution in [1.29, 1.82) is 0 Å². The average Bonchev–Trinajstić information content (AvgIpc) is 3.02. The molecule has 7 nitrogen and oxygen atoms in total. The van der Waals surface area contributed by atoms with Gasteiger partial charge in [-0.05, 0) is 44.6 Å². The SMILES string of the molecule is CSc1nc2n(n1)CC1CCCC(OS(=O)(=O)c3ccc(C)cc3)C1=N2. The molecule has 1 saturated carbocycles. The summed E-state index contributed by atoms with van der Waals surface area (Å²) in [5.74, 6) is 0.676. The molecule has 2 atom stereocenters. The first-order valence-electron chi connectivity index (χ1n) is 8.53. The van der Waals surface area contributed by atoms with Crippen LogP contribution in [0.25, 0.3) is 0 Å². The van der Waals surface area contributed by atoms with Crippen LogP contribution in [-0.4, -0.2) is 41.3 Å². The molecular weight excluding hydrogens is 372 g/mol. The van der Waals surface area contributed by atoms with Crippen LogP contribution in [-0.2, 0) is 20.8 Å². The fourth-order valence-electron chi connectivity index (χ4n) is 3.40. The van der Waals surface area contributed by atoms with E-state index >= 15 is 0 Å². The van der Waals surface area contributed by atoms with Crippen molar-refractivity contribution in [3.8, 4) is 0 Å². The molecule has 0 saturated heterocycles. The van der Waals surface area contributed by atoms with E-state index in [-0.39, 0.29) is 10.8 Å². The summed E-state index contributed by atoms with van der Waals surface area (Å²) in [5, 5.41) is 5.09. The summed E-state index contributed by atoms with van der Waals surface area (Å²) in [6.07, 6.45) is 3.88. The molecule has 1 aromatic carbocycles. The molecule has 0 radical (unpaired) electrons. The molecule has 9 heteroatoms. The zero-order valence-electron chi connectivity index (χ0n) is 14.6. The van der Waals surface area contributed by atoms with Crippen molar-refractivity contribution in [1.82, 2.24) is 14.8 Å². The van der Waals surface area contributed by atoms with Crippen LogP contribution in [0.3, 0.4) is 0 Å². The Labute approximate surface area is 157 Å². The second kappa shape index (κ2) is 6.79. The highest BCUT2D eigenvalue weighted by molar-refractivity contribution is 7.98. The number of hydrogen-bond acceptors (Lipinski definition) is 7. The average molecular weight is 393 g/mol. The van der Waals surface area contributed by atoms with E-state index in [1.807, 2.05) is 13.2 Å². The highest BCUT2D eigenvalue weighted by atomic mass is 32.2. The molecule has 4 rings (SSSR count). The van der Waals surface area contributed by atoms with E-state index in [0.29, 0.717) is 24.1 Å². The molecule has 138 valence electrons. The molecule has 2 heterocycles.